The highest BCUT2D eigenvalue weighted by Crippen LogP contribution is 2.56. The topological polar surface area (TPSA) is 3.24 Å². The van der Waals surface area contributed by atoms with Crippen molar-refractivity contribution >= 4 is 0 Å². The van der Waals surface area contributed by atoms with Crippen molar-refractivity contribution in [2.24, 2.45) is 23.2 Å². The Morgan fingerprint density at radius 2 is 1.70 bits per heavy atom. The van der Waals surface area contributed by atoms with Gasteiger partial charge in [-0.05, 0) is 75.2 Å². The van der Waals surface area contributed by atoms with E-state index in [4.69, 9.17) is 0 Å². The predicted octanol–water partition coefficient (Wildman–Crippen LogP) is 5.35. The molecule has 1 heteroatoms. The smallest absolute Gasteiger partial charge is 0.00927 e. The summed E-state index contributed by atoms with van der Waals surface area (Å²) in [5.41, 5.74) is 0.785. The molecule has 2 aliphatic carbocycles. The van der Waals surface area contributed by atoms with Gasteiger partial charge in [0.1, 0.15) is 0 Å². The van der Waals surface area contributed by atoms with Crippen molar-refractivity contribution in [3.8, 4) is 0 Å². The largest absolute Gasteiger partial charge is 0.303 e. The van der Waals surface area contributed by atoms with Gasteiger partial charge in [-0.1, -0.05) is 34.1 Å². The van der Waals surface area contributed by atoms with Crippen LogP contribution in [0.15, 0.2) is 0 Å². The van der Waals surface area contributed by atoms with Crippen molar-refractivity contribution in [1.29, 1.82) is 0 Å². The molecule has 2 saturated carbocycles. The van der Waals surface area contributed by atoms with Crippen LogP contribution in [0.4, 0.5) is 0 Å². The second-order valence-corrected chi connectivity index (χ2v) is 8.59. The van der Waals surface area contributed by atoms with E-state index >= 15 is 0 Å². The zero-order valence-corrected chi connectivity index (χ0v) is 14.6. The molecule has 1 spiro atoms. The molecule has 0 aromatic rings. The fraction of sp³-hybridized carbons (Fsp3) is 1.00. The molecule has 0 radical (unpaired) electrons. The molecular formula is C19H37N. The molecule has 2 aliphatic rings. The molecule has 0 N–H and O–H groups in total. The van der Waals surface area contributed by atoms with E-state index in [0.717, 1.165) is 29.2 Å². The van der Waals surface area contributed by atoms with E-state index in [1.165, 1.54) is 45.1 Å². The average Bonchev–Trinajstić information content (AvgIpc) is 2.36. The van der Waals surface area contributed by atoms with Crippen LogP contribution in [0.25, 0.3) is 0 Å². The molecule has 0 aromatic carbocycles. The minimum Gasteiger partial charge on any atom is -0.303 e. The molecule has 0 heterocycles. The molecule has 0 aliphatic heterocycles. The first kappa shape index (κ1) is 16.3. The van der Waals surface area contributed by atoms with E-state index in [2.05, 4.69) is 39.6 Å². The monoisotopic (exact) mass is 279 g/mol. The zero-order valence-electron chi connectivity index (χ0n) is 14.6. The van der Waals surface area contributed by atoms with Gasteiger partial charge in [-0.2, -0.15) is 0 Å². The van der Waals surface area contributed by atoms with Crippen molar-refractivity contribution in [2.45, 2.75) is 85.1 Å². The fourth-order valence-corrected chi connectivity index (χ4v) is 4.83. The lowest BCUT2D eigenvalue weighted by Gasteiger charge is -2.53. The van der Waals surface area contributed by atoms with Gasteiger partial charge in [0.15, 0.2) is 0 Å². The van der Waals surface area contributed by atoms with Crippen LogP contribution in [-0.4, -0.2) is 24.5 Å². The summed E-state index contributed by atoms with van der Waals surface area (Å²) < 4.78 is 0. The second-order valence-electron chi connectivity index (χ2n) is 8.59. The van der Waals surface area contributed by atoms with Gasteiger partial charge in [-0.25, -0.2) is 0 Å². The van der Waals surface area contributed by atoms with Crippen LogP contribution in [0.2, 0.25) is 0 Å². The van der Waals surface area contributed by atoms with Crippen molar-refractivity contribution in [3.05, 3.63) is 0 Å². The molecule has 2 fully saturated rings. The van der Waals surface area contributed by atoms with Gasteiger partial charge in [0.05, 0.1) is 0 Å². The van der Waals surface area contributed by atoms with Gasteiger partial charge < -0.3 is 4.90 Å². The third kappa shape index (κ3) is 4.00. The summed E-state index contributed by atoms with van der Waals surface area (Å²) >= 11 is 0. The third-order valence-corrected chi connectivity index (χ3v) is 6.18. The number of hydrogen-bond donors (Lipinski definition) is 0. The fourth-order valence-electron chi connectivity index (χ4n) is 4.83. The minimum atomic E-state index is 0.785. The maximum Gasteiger partial charge on any atom is 0.00927 e. The van der Waals surface area contributed by atoms with Crippen LogP contribution in [0, 0.1) is 23.2 Å². The number of hydrogen-bond acceptors (Lipinski definition) is 1. The van der Waals surface area contributed by atoms with Crippen LogP contribution >= 0.6 is 0 Å². The van der Waals surface area contributed by atoms with E-state index in [9.17, 15) is 0 Å². The Morgan fingerprint density at radius 3 is 2.20 bits per heavy atom. The van der Waals surface area contributed by atoms with Crippen LogP contribution in [0.1, 0.15) is 79.1 Å². The van der Waals surface area contributed by atoms with Crippen LogP contribution in [0.3, 0.4) is 0 Å². The summed E-state index contributed by atoms with van der Waals surface area (Å²) in [6, 6.07) is 0.874. The molecule has 1 unspecified atom stereocenters. The van der Waals surface area contributed by atoms with Crippen molar-refractivity contribution < 1.29 is 0 Å². The van der Waals surface area contributed by atoms with Crippen LogP contribution < -0.4 is 0 Å². The molecule has 1 nitrogen and oxygen atoms in total. The SMILES string of the molecule is CCC(C)CN(C)C1CCC2(CC1)CC(CC(C)C)C2. The molecular weight excluding hydrogens is 242 g/mol. The first-order valence-corrected chi connectivity index (χ1v) is 9.14. The Balaban J connectivity index is 1.71. The summed E-state index contributed by atoms with van der Waals surface area (Å²) in [4.78, 5) is 2.66. The number of nitrogens with zero attached hydrogens (tertiary/aromatic N) is 1. The molecule has 1 atom stereocenters. The predicted molar refractivity (Wildman–Crippen MR) is 89.0 cm³/mol. The van der Waals surface area contributed by atoms with E-state index in [1.54, 1.807) is 12.8 Å². The lowest BCUT2D eigenvalue weighted by Crippen LogP contribution is -2.45. The lowest BCUT2D eigenvalue weighted by atomic mass is 9.54. The van der Waals surface area contributed by atoms with Gasteiger partial charge in [-0.15, -0.1) is 0 Å². The van der Waals surface area contributed by atoms with Gasteiger partial charge in [0.2, 0.25) is 0 Å². The average molecular weight is 280 g/mol. The third-order valence-electron chi connectivity index (χ3n) is 6.18. The van der Waals surface area contributed by atoms with Crippen molar-refractivity contribution in [2.75, 3.05) is 13.6 Å². The maximum absolute atomic E-state index is 2.66. The molecule has 20 heavy (non-hydrogen) atoms. The first-order valence-electron chi connectivity index (χ1n) is 9.14. The molecule has 0 amide bonds. The molecule has 0 aromatic heterocycles. The molecule has 118 valence electrons. The lowest BCUT2D eigenvalue weighted by molar-refractivity contribution is -0.0176. The van der Waals surface area contributed by atoms with E-state index in [1.807, 2.05) is 0 Å². The van der Waals surface area contributed by atoms with E-state index in [0.29, 0.717) is 0 Å². The number of rotatable bonds is 6. The van der Waals surface area contributed by atoms with Gasteiger partial charge >= 0.3 is 0 Å². The van der Waals surface area contributed by atoms with Gasteiger partial charge in [-0.3, -0.25) is 0 Å². The standard InChI is InChI=1S/C19H37N/c1-6-16(4)14-20(5)18-7-9-19(10-8-18)12-17(13-19)11-15(2)3/h15-18H,6-14H2,1-5H3. The maximum atomic E-state index is 2.66. The molecule has 0 bridgehead atoms. The zero-order chi connectivity index (χ0) is 14.8. The van der Waals surface area contributed by atoms with Gasteiger partial charge in [0, 0.05) is 12.6 Å². The summed E-state index contributed by atoms with van der Waals surface area (Å²) in [5.74, 6) is 2.81. The van der Waals surface area contributed by atoms with E-state index in [-0.39, 0.29) is 0 Å². The molecule has 2 rings (SSSR count). The Bertz CT molecular complexity index is 280. The second kappa shape index (κ2) is 6.81. The van der Waals surface area contributed by atoms with Crippen molar-refractivity contribution in [1.82, 2.24) is 4.90 Å². The Hall–Kier alpha value is -0.0400. The molecule has 0 saturated heterocycles. The van der Waals surface area contributed by atoms with Gasteiger partial charge in [0.25, 0.3) is 0 Å². The van der Waals surface area contributed by atoms with Crippen LogP contribution in [0.5, 0.6) is 0 Å². The Labute approximate surface area is 127 Å². The highest BCUT2D eigenvalue weighted by atomic mass is 15.1. The first-order chi connectivity index (χ1) is 9.44. The highest BCUT2D eigenvalue weighted by Gasteiger charge is 2.46. The van der Waals surface area contributed by atoms with E-state index < -0.39 is 0 Å². The Morgan fingerprint density at radius 1 is 1.10 bits per heavy atom. The summed E-state index contributed by atoms with van der Waals surface area (Å²) in [6.07, 6.45) is 11.8. The Kier molecular flexibility index (Phi) is 5.56. The summed E-state index contributed by atoms with van der Waals surface area (Å²) in [5, 5.41) is 0. The summed E-state index contributed by atoms with van der Waals surface area (Å²) in [6.45, 7) is 10.8. The minimum absolute atomic E-state index is 0.785. The highest BCUT2D eigenvalue weighted by molar-refractivity contribution is 4.98. The normalized spacial score (nSPS) is 35.5. The summed E-state index contributed by atoms with van der Waals surface area (Å²) in [7, 11) is 2.36. The quantitative estimate of drug-likeness (QED) is 0.633. The van der Waals surface area contributed by atoms with Crippen LogP contribution in [-0.2, 0) is 0 Å². The van der Waals surface area contributed by atoms with Crippen molar-refractivity contribution in [3.63, 3.8) is 0 Å².